The summed E-state index contributed by atoms with van der Waals surface area (Å²) in [6.45, 7) is 0. The van der Waals surface area contributed by atoms with E-state index >= 15 is 0 Å². The van der Waals surface area contributed by atoms with Gasteiger partial charge in [-0.1, -0.05) is 285 Å². The van der Waals surface area contributed by atoms with Gasteiger partial charge in [-0.3, -0.25) is 9.13 Å². The second-order valence-electron chi connectivity index (χ2n) is 30.2. The molecule has 24 aromatic rings. The van der Waals surface area contributed by atoms with E-state index in [2.05, 4.69) is 419 Å². The van der Waals surface area contributed by atoms with E-state index in [9.17, 15) is 0 Å². The summed E-state index contributed by atoms with van der Waals surface area (Å²) < 4.78 is 9.38. The van der Waals surface area contributed by atoms with Gasteiger partial charge in [-0.25, -0.2) is 15.0 Å². The van der Waals surface area contributed by atoms with E-state index in [4.69, 9.17) is 15.0 Å². The Bertz CT molecular complexity index is 7920. The van der Waals surface area contributed by atoms with Crippen molar-refractivity contribution in [2.24, 2.45) is 0 Å². The third kappa shape index (κ3) is 11.0. The van der Waals surface area contributed by atoms with Crippen molar-refractivity contribution in [3.63, 3.8) is 0 Å². The van der Waals surface area contributed by atoms with Gasteiger partial charge in [0, 0.05) is 71.8 Å². The molecule has 7 heteroatoms. The SMILES string of the molecule is c1ccc(-c2cc(-c3ccccc3)nc(-n3c4ccc(-c5ccc6c(c5)c5ccccc5n6-c5ccc6ccccc6c5)cc4c4cccnc43)c2)cc1.c1ccc(-c2cc(-c3ccccc3)nc(-n3c4ccccc4c4cc(-c5ccc6c(c5)c5ccccc5n6-c5ccc6c7ccccc7c7ccccc7c6c5)ccc43)c2)cc1. The van der Waals surface area contributed by atoms with Gasteiger partial charge in [-0.15, -0.1) is 0 Å². The summed E-state index contributed by atoms with van der Waals surface area (Å²) in [7, 11) is 0. The fourth-order valence-electron chi connectivity index (χ4n) is 18.2. The van der Waals surface area contributed by atoms with Crippen LogP contribution in [0.4, 0.5) is 0 Å². The van der Waals surface area contributed by atoms with Crippen molar-refractivity contribution < 1.29 is 0 Å². The molecule has 7 aromatic heterocycles. The van der Waals surface area contributed by atoms with Crippen LogP contribution in [0.15, 0.2) is 419 Å². The Kier molecular flexibility index (Phi) is 15.5. The second-order valence-corrected chi connectivity index (χ2v) is 30.2. The molecule has 0 aliphatic carbocycles. The first-order valence-corrected chi connectivity index (χ1v) is 39.6. The van der Waals surface area contributed by atoms with Crippen LogP contribution in [0.3, 0.4) is 0 Å². The van der Waals surface area contributed by atoms with Crippen molar-refractivity contribution in [3.8, 4) is 90.0 Å². The van der Waals surface area contributed by atoms with E-state index in [0.717, 1.165) is 106 Å². The van der Waals surface area contributed by atoms with E-state index in [-0.39, 0.29) is 0 Å². The van der Waals surface area contributed by atoms with Crippen LogP contribution in [0.25, 0.3) is 220 Å². The molecule has 0 aliphatic heterocycles. The molecule has 17 aromatic carbocycles. The Morgan fingerprint density at radius 2 is 0.500 bits per heavy atom. The van der Waals surface area contributed by atoms with Crippen molar-refractivity contribution >= 4 is 130 Å². The first-order chi connectivity index (χ1) is 57.5. The molecule has 0 fully saturated rings. The lowest BCUT2D eigenvalue weighted by molar-refractivity contribution is 1.06. The Labute approximate surface area is 668 Å². The summed E-state index contributed by atoms with van der Waals surface area (Å²) in [6, 6.07) is 149. The fourth-order valence-corrected chi connectivity index (χ4v) is 18.2. The predicted molar refractivity (Wildman–Crippen MR) is 486 cm³/mol. The monoisotopic (exact) mass is 1480 g/mol. The standard InChI is InChI=1S/C59H37N3.C50H32N4/c1-3-15-38(16-4-1)42-35-54(39-17-5-2-6-18-39)60-59(36-42)62-56-26-14-12-24-50(56)53-34-41(28-32-58(53)62)40-27-31-57-52(33-40)49-23-11-13-25-55(49)61(57)43-29-30-48-46-21-8-7-19-44(46)45-20-9-10-22-47(45)51(48)37-43;1-3-12-33(13-4-1)39-31-45(35-15-5-2-6-16-35)52-49(32-39)54-48-26-23-38(30-44(48)42-19-11-27-51-50(42)54)37-22-25-47-43(29-37)41-18-9-10-20-46(41)53(47)40-24-21-34-14-7-8-17-36(34)28-40/h1-37H;1-32H. The molecule has 0 saturated carbocycles. The van der Waals surface area contributed by atoms with Crippen molar-refractivity contribution in [2.45, 2.75) is 0 Å². The number of aromatic nitrogens is 7. The van der Waals surface area contributed by atoms with Crippen molar-refractivity contribution in [3.05, 3.63) is 419 Å². The van der Waals surface area contributed by atoms with E-state index in [1.807, 2.05) is 18.3 Å². The average Bonchev–Trinajstić information content (AvgIpc) is 1.42. The average molecular weight is 1480 g/mol. The number of rotatable bonds is 10. The molecular weight excluding hydrogens is 1410 g/mol. The lowest BCUT2D eigenvalue weighted by atomic mass is 9.94. The highest BCUT2D eigenvalue weighted by molar-refractivity contribution is 6.26. The molecule has 0 N–H and O–H groups in total. The lowest BCUT2D eigenvalue weighted by Gasteiger charge is -2.14. The molecule has 7 heterocycles. The molecule has 24 rings (SSSR count). The number of hydrogen-bond donors (Lipinski definition) is 0. The minimum absolute atomic E-state index is 0.838. The molecule has 540 valence electrons. The number of para-hydroxylation sites is 3. The number of fused-ring (bicyclic) bond motifs is 19. The number of nitrogens with zero attached hydrogens (tertiary/aromatic N) is 7. The smallest absolute Gasteiger partial charge is 0.146 e. The van der Waals surface area contributed by atoms with E-state index < -0.39 is 0 Å². The van der Waals surface area contributed by atoms with Crippen LogP contribution in [-0.4, -0.2) is 33.2 Å². The van der Waals surface area contributed by atoms with Crippen LogP contribution in [-0.2, 0) is 0 Å². The summed E-state index contributed by atoms with van der Waals surface area (Å²) in [5.74, 6) is 1.73. The normalized spacial score (nSPS) is 11.8. The molecule has 0 radical (unpaired) electrons. The third-order valence-electron chi connectivity index (χ3n) is 23.6. The van der Waals surface area contributed by atoms with Crippen LogP contribution in [0.2, 0.25) is 0 Å². The molecule has 116 heavy (non-hydrogen) atoms. The van der Waals surface area contributed by atoms with Crippen LogP contribution in [0, 0.1) is 0 Å². The molecule has 0 atom stereocenters. The van der Waals surface area contributed by atoms with Crippen molar-refractivity contribution in [1.82, 2.24) is 33.2 Å². The van der Waals surface area contributed by atoms with Gasteiger partial charge in [0.25, 0.3) is 0 Å². The van der Waals surface area contributed by atoms with Crippen LogP contribution in [0.1, 0.15) is 0 Å². The summed E-state index contributed by atoms with van der Waals surface area (Å²) in [5.41, 5.74) is 24.6. The largest absolute Gasteiger partial charge is 0.309 e. The molecule has 0 saturated heterocycles. The lowest BCUT2D eigenvalue weighted by Crippen LogP contribution is -2.01. The van der Waals surface area contributed by atoms with Crippen LogP contribution >= 0.6 is 0 Å². The van der Waals surface area contributed by atoms with Gasteiger partial charge in [0.15, 0.2) is 0 Å². The summed E-state index contributed by atoms with van der Waals surface area (Å²) in [6.07, 6.45) is 1.87. The van der Waals surface area contributed by atoms with Gasteiger partial charge < -0.3 is 9.13 Å². The van der Waals surface area contributed by atoms with E-state index in [0.29, 0.717) is 0 Å². The molecule has 0 aliphatic rings. The minimum atomic E-state index is 0.838. The van der Waals surface area contributed by atoms with Gasteiger partial charge in [0.05, 0.1) is 50.0 Å². The quantitative estimate of drug-likeness (QED) is 0.128. The zero-order valence-electron chi connectivity index (χ0n) is 63.0. The molecule has 0 unspecified atom stereocenters. The Balaban J connectivity index is 0.000000138. The highest BCUT2D eigenvalue weighted by Gasteiger charge is 2.23. The van der Waals surface area contributed by atoms with Gasteiger partial charge in [-0.05, 0) is 215 Å². The first kappa shape index (κ1) is 66.2. The Hall–Kier alpha value is -15.6. The maximum absolute atomic E-state index is 5.35. The second kappa shape index (κ2) is 27.1. The minimum Gasteiger partial charge on any atom is -0.309 e. The molecule has 7 nitrogen and oxygen atoms in total. The van der Waals surface area contributed by atoms with Gasteiger partial charge in [-0.2, -0.15) is 0 Å². The van der Waals surface area contributed by atoms with Crippen LogP contribution in [0.5, 0.6) is 0 Å². The maximum atomic E-state index is 5.35. The van der Waals surface area contributed by atoms with E-state index in [1.54, 1.807) is 0 Å². The predicted octanol–water partition coefficient (Wildman–Crippen LogP) is 28.6. The Morgan fingerprint density at radius 3 is 0.983 bits per heavy atom. The molecule has 0 amide bonds. The molecule has 0 spiro atoms. The Morgan fingerprint density at radius 1 is 0.164 bits per heavy atom. The zero-order valence-corrected chi connectivity index (χ0v) is 63.0. The summed E-state index contributed by atoms with van der Waals surface area (Å²) in [5, 5.41) is 19.7. The number of pyridine rings is 3. The van der Waals surface area contributed by atoms with Crippen LogP contribution < -0.4 is 0 Å². The first-order valence-electron chi connectivity index (χ1n) is 39.6. The number of hydrogen-bond acceptors (Lipinski definition) is 3. The molecular formula is C109H69N7. The highest BCUT2D eigenvalue weighted by atomic mass is 15.1. The molecule has 0 bridgehead atoms. The maximum Gasteiger partial charge on any atom is 0.146 e. The highest BCUT2D eigenvalue weighted by Crippen LogP contribution is 2.45. The van der Waals surface area contributed by atoms with Crippen molar-refractivity contribution in [2.75, 3.05) is 0 Å². The third-order valence-corrected chi connectivity index (χ3v) is 23.6. The zero-order chi connectivity index (χ0) is 76.3. The fraction of sp³-hybridized carbons (Fsp3) is 0. The van der Waals surface area contributed by atoms with Gasteiger partial charge in [0.2, 0.25) is 0 Å². The van der Waals surface area contributed by atoms with Gasteiger partial charge >= 0.3 is 0 Å². The topological polar surface area (TPSA) is 58.4 Å². The van der Waals surface area contributed by atoms with Crippen molar-refractivity contribution in [1.29, 1.82) is 0 Å². The van der Waals surface area contributed by atoms with E-state index in [1.165, 1.54) is 114 Å². The summed E-state index contributed by atoms with van der Waals surface area (Å²) >= 11 is 0. The summed E-state index contributed by atoms with van der Waals surface area (Å²) in [4.78, 5) is 15.6. The van der Waals surface area contributed by atoms with Gasteiger partial charge in [0.1, 0.15) is 17.3 Å². The number of benzene rings is 17.